The number of aromatic amines is 1. The van der Waals surface area contributed by atoms with Crippen molar-refractivity contribution in [3.63, 3.8) is 0 Å². The summed E-state index contributed by atoms with van der Waals surface area (Å²) in [6.45, 7) is 1.93. The maximum Gasteiger partial charge on any atom is 0.359 e. The van der Waals surface area contributed by atoms with Crippen molar-refractivity contribution in [1.29, 1.82) is 0 Å². The van der Waals surface area contributed by atoms with Gasteiger partial charge in [-0.2, -0.15) is 0 Å². The van der Waals surface area contributed by atoms with Crippen LogP contribution in [-0.2, 0) is 0 Å². The van der Waals surface area contributed by atoms with Crippen LogP contribution in [0.5, 0.6) is 0 Å². The van der Waals surface area contributed by atoms with Crippen LogP contribution in [0.1, 0.15) is 6.42 Å². The van der Waals surface area contributed by atoms with Crippen LogP contribution in [-0.4, -0.2) is 44.3 Å². The van der Waals surface area contributed by atoms with Crippen LogP contribution in [0, 0.1) is 0 Å². The monoisotopic (exact) mass is 199 g/mol. The van der Waals surface area contributed by atoms with E-state index in [0.29, 0.717) is 0 Å². The Morgan fingerprint density at radius 1 is 1.36 bits per heavy atom. The number of anilines is 1. The van der Waals surface area contributed by atoms with E-state index in [2.05, 4.69) is 14.6 Å². The molecule has 5 nitrogen and oxygen atoms in total. The van der Waals surface area contributed by atoms with Crippen molar-refractivity contribution in [2.24, 2.45) is 0 Å². The molecule has 0 radical (unpaired) electrons. The largest absolute Gasteiger partial charge is 0.359 e. The van der Waals surface area contributed by atoms with E-state index in [9.17, 15) is 4.79 Å². The summed E-state index contributed by atoms with van der Waals surface area (Å²) < 4.78 is 4.58. The Balaban J connectivity index is 2.35. The maximum absolute atomic E-state index is 10.7. The van der Waals surface area contributed by atoms with Gasteiger partial charge in [0.15, 0.2) is 0 Å². The summed E-state index contributed by atoms with van der Waals surface area (Å²) in [5.41, 5.74) is -0.334. The molecule has 0 saturated heterocycles. The molecule has 0 saturated carbocycles. The van der Waals surface area contributed by atoms with Gasteiger partial charge < -0.3 is 14.3 Å². The van der Waals surface area contributed by atoms with Gasteiger partial charge in [-0.3, -0.25) is 0 Å². The molecule has 0 atom stereocenters. The second-order valence-electron chi connectivity index (χ2n) is 3.63. The molecule has 80 valence electrons. The third kappa shape index (κ3) is 3.26. The lowest BCUT2D eigenvalue weighted by atomic mass is 10.4. The Labute approximate surface area is 83.3 Å². The fraction of sp³-hybridized carbons (Fsp3) is 0.667. The van der Waals surface area contributed by atoms with Gasteiger partial charge in [-0.15, -0.1) is 0 Å². The molecule has 0 bridgehead atoms. The van der Waals surface area contributed by atoms with Gasteiger partial charge in [-0.05, 0) is 27.1 Å². The predicted octanol–water partition coefficient (Wildman–Crippen LogP) is 0.356. The van der Waals surface area contributed by atoms with Crippen molar-refractivity contribution >= 4 is 5.82 Å². The van der Waals surface area contributed by atoms with Crippen LogP contribution in [0.3, 0.4) is 0 Å². The smallest absolute Gasteiger partial charge is 0.359 e. The quantitative estimate of drug-likeness (QED) is 0.743. The van der Waals surface area contributed by atoms with E-state index in [-0.39, 0.29) is 5.63 Å². The SMILES string of the molecule is CN(C)CCCN(C)c1cc(=O)o[nH]1. The summed E-state index contributed by atoms with van der Waals surface area (Å²) in [6, 6.07) is 1.45. The average molecular weight is 199 g/mol. The summed E-state index contributed by atoms with van der Waals surface area (Å²) in [4.78, 5) is 14.8. The second-order valence-corrected chi connectivity index (χ2v) is 3.63. The first-order valence-electron chi connectivity index (χ1n) is 4.64. The van der Waals surface area contributed by atoms with Gasteiger partial charge in [-0.25, -0.2) is 9.95 Å². The number of nitrogens with zero attached hydrogens (tertiary/aromatic N) is 2. The van der Waals surface area contributed by atoms with Crippen molar-refractivity contribution < 1.29 is 4.52 Å². The summed E-state index contributed by atoms with van der Waals surface area (Å²) >= 11 is 0. The van der Waals surface area contributed by atoms with Crippen molar-refractivity contribution in [2.45, 2.75) is 6.42 Å². The number of hydrogen-bond acceptors (Lipinski definition) is 4. The van der Waals surface area contributed by atoms with E-state index >= 15 is 0 Å². The van der Waals surface area contributed by atoms with Gasteiger partial charge in [0, 0.05) is 13.6 Å². The minimum absolute atomic E-state index is 0.334. The van der Waals surface area contributed by atoms with E-state index in [1.807, 2.05) is 26.0 Å². The lowest BCUT2D eigenvalue weighted by molar-refractivity contribution is 0.388. The zero-order valence-corrected chi connectivity index (χ0v) is 8.91. The fourth-order valence-corrected chi connectivity index (χ4v) is 1.21. The molecule has 0 spiro atoms. The van der Waals surface area contributed by atoms with Crippen molar-refractivity contribution in [2.75, 3.05) is 39.1 Å². The highest BCUT2D eigenvalue weighted by molar-refractivity contribution is 5.33. The topological polar surface area (TPSA) is 52.5 Å². The lowest BCUT2D eigenvalue weighted by Crippen LogP contribution is -2.23. The Morgan fingerprint density at radius 2 is 2.07 bits per heavy atom. The van der Waals surface area contributed by atoms with Gasteiger partial charge in [-0.1, -0.05) is 0 Å². The molecule has 1 N–H and O–H groups in total. The number of aromatic nitrogens is 1. The molecule has 1 aromatic rings. The zero-order chi connectivity index (χ0) is 10.6. The van der Waals surface area contributed by atoms with Gasteiger partial charge in [0.1, 0.15) is 5.82 Å². The standard InChI is InChI=1S/C9H17N3O2/c1-11(2)5-4-6-12(3)8-7-9(13)14-10-8/h7,10H,4-6H2,1-3H3. The van der Waals surface area contributed by atoms with Gasteiger partial charge in [0.05, 0.1) is 6.07 Å². The molecule has 1 aromatic heterocycles. The molecule has 1 heterocycles. The van der Waals surface area contributed by atoms with Crippen LogP contribution in [0.4, 0.5) is 5.82 Å². The third-order valence-corrected chi connectivity index (χ3v) is 2.02. The molecule has 0 amide bonds. The third-order valence-electron chi connectivity index (χ3n) is 2.02. The number of nitrogens with one attached hydrogen (secondary N) is 1. The van der Waals surface area contributed by atoms with E-state index in [0.717, 1.165) is 25.3 Å². The molecule has 0 fully saturated rings. The van der Waals surface area contributed by atoms with E-state index in [1.54, 1.807) is 0 Å². The zero-order valence-electron chi connectivity index (χ0n) is 8.91. The molecule has 5 heteroatoms. The lowest BCUT2D eigenvalue weighted by Gasteiger charge is -2.17. The van der Waals surface area contributed by atoms with Crippen LogP contribution < -0.4 is 10.5 Å². The average Bonchev–Trinajstić information content (AvgIpc) is 2.51. The Bertz CT molecular complexity index is 316. The van der Waals surface area contributed by atoms with Gasteiger partial charge in [0.25, 0.3) is 0 Å². The van der Waals surface area contributed by atoms with Gasteiger partial charge >= 0.3 is 5.63 Å². The first kappa shape index (κ1) is 10.8. The highest BCUT2D eigenvalue weighted by Gasteiger charge is 2.04. The Hall–Kier alpha value is -1.23. The first-order valence-corrected chi connectivity index (χ1v) is 4.64. The number of hydrogen-bond donors (Lipinski definition) is 1. The van der Waals surface area contributed by atoms with E-state index in [1.165, 1.54) is 6.07 Å². The van der Waals surface area contributed by atoms with Crippen LogP contribution in [0.25, 0.3) is 0 Å². The molecular weight excluding hydrogens is 182 g/mol. The molecule has 0 aliphatic heterocycles. The number of rotatable bonds is 5. The van der Waals surface area contributed by atoms with Crippen LogP contribution in [0.15, 0.2) is 15.4 Å². The molecule has 0 aliphatic carbocycles. The van der Waals surface area contributed by atoms with Crippen LogP contribution >= 0.6 is 0 Å². The summed E-state index contributed by atoms with van der Waals surface area (Å²) in [7, 11) is 6.01. The van der Waals surface area contributed by atoms with Crippen molar-refractivity contribution in [1.82, 2.24) is 10.1 Å². The molecule has 0 aliphatic rings. The normalized spacial score (nSPS) is 10.9. The van der Waals surface area contributed by atoms with Crippen LogP contribution in [0.2, 0.25) is 0 Å². The molecule has 0 unspecified atom stereocenters. The number of H-pyrrole nitrogens is 1. The fourth-order valence-electron chi connectivity index (χ4n) is 1.21. The van der Waals surface area contributed by atoms with E-state index in [4.69, 9.17) is 0 Å². The maximum atomic E-state index is 10.7. The summed E-state index contributed by atoms with van der Waals surface area (Å²) in [6.07, 6.45) is 1.05. The highest BCUT2D eigenvalue weighted by atomic mass is 16.5. The Kier molecular flexibility index (Phi) is 3.76. The van der Waals surface area contributed by atoms with E-state index < -0.39 is 0 Å². The minimum atomic E-state index is -0.334. The summed E-state index contributed by atoms with van der Waals surface area (Å²) in [5, 5.41) is 2.57. The minimum Gasteiger partial charge on any atom is -0.359 e. The van der Waals surface area contributed by atoms with Crippen molar-refractivity contribution in [3.05, 3.63) is 16.5 Å². The Morgan fingerprint density at radius 3 is 2.57 bits per heavy atom. The molecular formula is C9H17N3O2. The summed E-state index contributed by atoms with van der Waals surface area (Å²) in [5.74, 6) is 0.730. The van der Waals surface area contributed by atoms with Gasteiger partial charge in [0.2, 0.25) is 0 Å². The first-order chi connectivity index (χ1) is 6.59. The molecule has 14 heavy (non-hydrogen) atoms. The molecule has 0 aromatic carbocycles. The van der Waals surface area contributed by atoms with Crippen molar-refractivity contribution in [3.8, 4) is 0 Å². The second kappa shape index (κ2) is 4.85. The highest BCUT2D eigenvalue weighted by Crippen LogP contribution is 2.04. The predicted molar refractivity (Wildman–Crippen MR) is 55.8 cm³/mol. The molecule has 1 rings (SSSR count).